The third-order valence-electron chi connectivity index (χ3n) is 5.37. The molecule has 2 aromatic carbocycles. The van der Waals surface area contributed by atoms with E-state index in [-0.39, 0.29) is 35.5 Å². The molecule has 0 saturated carbocycles. The Morgan fingerprint density at radius 3 is 2.11 bits per heavy atom. The number of nitrogens with zero attached hydrogens (tertiary/aromatic N) is 1. The van der Waals surface area contributed by atoms with Gasteiger partial charge >= 0.3 is 11.4 Å². The van der Waals surface area contributed by atoms with E-state index in [1.807, 2.05) is 18.2 Å². The number of rotatable bonds is 8. The minimum absolute atomic E-state index is 0.162. The van der Waals surface area contributed by atoms with E-state index in [2.05, 4.69) is 72.5 Å². The van der Waals surface area contributed by atoms with E-state index in [0.717, 1.165) is 15.7 Å². The van der Waals surface area contributed by atoms with Crippen molar-refractivity contribution in [2.24, 2.45) is 0 Å². The molecule has 0 spiro atoms. The molecule has 240 valence electrons. The number of amides is 4. The van der Waals surface area contributed by atoms with Gasteiger partial charge in [-0.1, -0.05) is 36.8 Å². The van der Waals surface area contributed by atoms with Gasteiger partial charge < -0.3 is 21.3 Å². The quantitative estimate of drug-likeness (QED) is 0.0663. The number of hydrogen-bond donors (Lipinski definition) is 7. The largest absolute Gasteiger partial charge is 0.344 e. The molecule has 0 aliphatic carbocycles. The molecule has 7 N–H and O–H groups in total. The Morgan fingerprint density at radius 2 is 1.57 bits per heavy atom. The number of carbonyl (C=O) groups excluding carboxylic acids is 4. The Morgan fingerprint density at radius 1 is 1.00 bits per heavy atom. The van der Waals surface area contributed by atoms with Crippen LogP contribution in [0.25, 0.3) is 0 Å². The van der Waals surface area contributed by atoms with Crippen molar-refractivity contribution >= 4 is 83.9 Å². The summed E-state index contributed by atoms with van der Waals surface area (Å²) in [4.78, 5) is 59.3. The van der Waals surface area contributed by atoms with Crippen molar-refractivity contribution in [3.8, 4) is 0 Å². The SMILES string of the molecule is CC(=O)NC1Cc2cc(Br)cc([N+](=O)[O-])c2NC1=O.CC(=O)NC1Cc2cc(Br)ccc2NC1=O.O=S(O)ONOOOO. The number of halogens is 2. The van der Waals surface area contributed by atoms with E-state index in [0.29, 0.717) is 16.5 Å². The van der Waals surface area contributed by atoms with Crippen LogP contribution in [0.2, 0.25) is 0 Å². The maximum Gasteiger partial charge on any atom is 0.321 e. The van der Waals surface area contributed by atoms with Crippen molar-refractivity contribution in [3.05, 3.63) is 60.5 Å². The van der Waals surface area contributed by atoms with E-state index in [4.69, 9.17) is 9.81 Å². The number of nitro benzene ring substituents is 1. The highest BCUT2D eigenvalue weighted by Gasteiger charge is 2.32. The smallest absolute Gasteiger partial charge is 0.321 e. The lowest BCUT2D eigenvalue weighted by Crippen LogP contribution is -2.47. The van der Waals surface area contributed by atoms with Gasteiger partial charge in [0.2, 0.25) is 23.6 Å². The summed E-state index contributed by atoms with van der Waals surface area (Å²) in [5, 5.41) is 34.8. The first kappa shape index (κ1) is 36.7. The molecule has 2 heterocycles. The Kier molecular flexibility index (Phi) is 14.8. The number of hydrogen-bond acceptors (Lipinski definition) is 13. The van der Waals surface area contributed by atoms with Gasteiger partial charge in [-0.15, -0.1) is 4.28 Å². The van der Waals surface area contributed by atoms with Crippen molar-refractivity contribution in [2.75, 3.05) is 10.6 Å². The van der Waals surface area contributed by atoms with E-state index >= 15 is 0 Å². The molecule has 4 rings (SSSR count). The van der Waals surface area contributed by atoms with E-state index in [1.165, 1.54) is 25.6 Å². The third kappa shape index (κ3) is 11.9. The molecule has 0 bridgehead atoms. The van der Waals surface area contributed by atoms with E-state index < -0.39 is 34.3 Å². The van der Waals surface area contributed by atoms with Crippen LogP contribution in [0.1, 0.15) is 25.0 Å². The summed E-state index contributed by atoms with van der Waals surface area (Å²) < 4.78 is 22.4. The summed E-state index contributed by atoms with van der Waals surface area (Å²) in [6, 6.07) is 7.51. The van der Waals surface area contributed by atoms with Gasteiger partial charge in [-0.2, -0.15) is 4.21 Å². The number of nitrogens with one attached hydrogen (secondary N) is 5. The Balaban J connectivity index is 0.000000245. The van der Waals surface area contributed by atoms with Gasteiger partial charge in [0.05, 0.1) is 4.92 Å². The van der Waals surface area contributed by atoms with Crippen LogP contribution < -0.4 is 26.9 Å². The zero-order chi connectivity index (χ0) is 33.0. The molecular formula is C22H24Br2N6O13S. The second-order valence-corrected chi connectivity index (χ2v) is 11.0. The lowest BCUT2D eigenvalue weighted by atomic mass is 9.98. The van der Waals surface area contributed by atoms with Crippen LogP contribution in [0.15, 0.2) is 39.3 Å². The van der Waals surface area contributed by atoms with Crippen molar-refractivity contribution in [1.82, 2.24) is 16.3 Å². The van der Waals surface area contributed by atoms with Crippen LogP contribution >= 0.6 is 31.9 Å². The van der Waals surface area contributed by atoms with Gasteiger partial charge in [0.25, 0.3) is 5.69 Å². The maximum absolute atomic E-state index is 11.8. The highest BCUT2D eigenvalue weighted by molar-refractivity contribution is 9.10. The topological polar surface area (TPSA) is 266 Å². The zero-order valence-corrected chi connectivity index (χ0v) is 26.4. The normalized spacial score (nSPS) is 17.0. The molecule has 0 fully saturated rings. The molecule has 4 amide bonds. The molecule has 19 nitrogen and oxygen atoms in total. The van der Waals surface area contributed by atoms with Crippen LogP contribution in [-0.2, 0) is 62.7 Å². The molecule has 2 aromatic rings. The molecule has 0 saturated heterocycles. The first-order chi connectivity index (χ1) is 20.7. The number of nitro groups is 1. The summed E-state index contributed by atoms with van der Waals surface area (Å²) in [7, 11) is 0. The molecule has 3 atom stereocenters. The third-order valence-corrected chi connectivity index (χ3v) is 6.54. The van der Waals surface area contributed by atoms with Crippen LogP contribution in [0, 0.1) is 10.1 Å². The van der Waals surface area contributed by atoms with Crippen molar-refractivity contribution < 1.29 is 57.5 Å². The average Bonchev–Trinajstić information content (AvgIpc) is 2.92. The second-order valence-electron chi connectivity index (χ2n) is 8.52. The summed E-state index contributed by atoms with van der Waals surface area (Å²) in [5.74, 6) is -1.13. The summed E-state index contributed by atoms with van der Waals surface area (Å²) >= 11 is 4.04. The van der Waals surface area contributed by atoms with E-state index in [1.54, 1.807) is 6.07 Å². The number of carbonyl (C=O) groups is 4. The predicted octanol–water partition coefficient (Wildman–Crippen LogP) is 1.72. The molecule has 0 aromatic heterocycles. The Labute approximate surface area is 266 Å². The van der Waals surface area contributed by atoms with Gasteiger partial charge in [0.1, 0.15) is 17.8 Å². The standard InChI is InChI=1S/C11H10BrN3O4.C11H11BrN2O2.H3NO7S/c1-5(16)13-8-3-6-2-7(12)4-9(15(18)19)10(6)14-11(8)17;1-6(15)13-10-5-7-4-8(12)2-3-9(7)14-11(10)16;2-7-8-5-1-6-9(3)4/h2,4,8H,3H2,1H3,(H,13,16)(H,14,17);2-4,10H,5H2,1H3,(H,13,15)(H,14,16);1-2H,(H,3,4). The van der Waals surface area contributed by atoms with E-state index in [9.17, 15) is 33.5 Å². The number of fused-ring (bicyclic) bond motifs is 2. The number of benzene rings is 2. The van der Waals surface area contributed by atoms with Crippen molar-refractivity contribution in [3.63, 3.8) is 0 Å². The van der Waals surface area contributed by atoms with Crippen molar-refractivity contribution in [1.29, 1.82) is 0 Å². The lowest BCUT2D eigenvalue weighted by molar-refractivity contribution is -0.647. The van der Waals surface area contributed by atoms with Gasteiger partial charge in [0.15, 0.2) is 0 Å². The number of anilines is 2. The summed E-state index contributed by atoms with van der Waals surface area (Å²) in [5.41, 5.74) is 3.80. The first-order valence-electron chi connectivity index (χ1n) is 11.8. The van der Waals surface area contributed by atoms with Crippen molar-refractivity contribution in [2.45, 2.75) is 38.8 Å². The van der Waals surface area contributed by atoms with Crippen LogP contribution in [0.4, 0.5) is 17.1 Å². The predicted molar refractivity (Wildman–Crippen MR) is 156 cm³/mol. The molecule has 2 aliphatic heterocycles. The zero-order valence-electron chi connectivity index (χ0n) is 22.5. The monoisotopic (exact) mass is 770 g/mol. The highest BCUT2D eigenvalue weighted by atomic mass is 79.9. The van der Waals surface area contributed by atoms with Gasteiger partial charge in [0, 0.05) is 47.4 Å². The maximum atomic E-state index is 11.8. The van der Waals surface area contributed by atoms with Crippen LogP contribution in [0.3, 0.4) is 0 Å². The molecular weight excluding hydrogens is 748 g/mol. The van der Waals surface area contributed by atoms with Gasteiger partial charge in [-0.05, 0) is 51.1 Å². The minimum atomic E-state index is -2.52. The fourth-order valence-electron chi connectivity index (χ4n) is 3.80. The summed E-state index contributed by atoms with van der Waals surface area (Å²) in [6.45, 7) is 2.72. The molecule has 22 heteroatoms. The highest BCUT2D eigenvalue weighted by Crippen LogP contribution is 2.35. The van der Waals surface area contributed by atoms with Crippen LogP contribution in [-0.4, -0.2) is 54.7 Å². The van der Waals surface area contributed by atoms with Crippen LogP contribution in [0.5, 0.6) is 0 Å². The fraction of sp³-hybridized carbons (Fsp3) is 0.273. The molecule has 2 aliphatic rings. The second kappa shape index (κ2) is 17.7. The first-order valence-corrected chi connectivity index (χ1v) is 14.4. The van der Waals surface area contributed by atoms with Gasteiger partial charge in [-0.3, -0.25) is 33.8 Å². The molecule has 44 heavy (non-hydrogen) atoms. The molecule has 3 unspecified atom stereocenters. The minimum Gasteiger partial charge on any atom is -0.344 e. The summed E-state index contributed by atoms with van der Waals surface area (Å²) in [6.07, 6.45) is 0.751. The molecule has 0 radical (unpaired) electrons. The Bertz CT molecular complexity index is 1430. The average molecular weight is 772 g/mol. The Hall–Kier alpha value is -3.45. The lowest BCUT2D eigenvalue weighted by Gasteiger charge is -2.25. The fourth-order valence-corrected chi connectivity index (χ4v) is 4.79. The van der Waals surface area contributed by atoms with Gasteiger partial charge in [-0.25, -0.2) is 5.26 Å².